The van der Waals surface area contributed by atoms with Crippen LogP contribution in [0.25, 0.3) is 0 Å². The molecule has 0 aromatic heterocycles. The molecule has 0 saturated carbocycles. The van der Waals surface area contributed by atoms with E-state index in [0.717, 1.165) is 5.56 Å². The largest absolute Gasteiger partial charge is 0.439 e. The second-order valence-corrected chi connectivity index (χ2v) is 7.51. The van der Waals surface area contributed by atoms with Crippen molar-refractivity contribution in [3.05, 3.63) is 94.5 Å². The SMILES string of the molecule is Cc1cccc2c1C(=O)c1c(OP(C)Oc3ccccc3)cccc1C2=O. The van der Waals surface area contributed by atoms with Crippen LogP contribution in [0.15, 0.2) is 66.7 Å². The van der Waals surface area contributed by atoms with Gasteiger partial charge in [0.15, 0.2) is 11.6 Å². The van der Waals surface area contributed by atoms with Crippen molar-refractivity contribution in [3.8, 4) is 11.5 Å². The maximum atomic E-state index is 13.2. The van der Waals surface area contributed by atoms with Gasteiger partial charge in [-0.2, -0.15) is 0 Å². The molecule has 0 aliphatic heterocycles. The van der Waals surface area contributed by atoms with Crippen LogP contribution in [0, 0.1) is 6.92 Å². The zero-order valence-electron chi connectivity index (χ0n) is 14.9. The Labute approximate surface area is 158 Å². The van der Waals surface area contributed by atoms with E-state index >= 15 is 0 Å². The summed E-state index contributed by atoms with van der Waals surface area (Å²) in [4.78, 5) is 26.1. The molecular weight excluding hydrogens is 359 g/mol. The van der Waals surface area contributed by atoms with Gasteiger partial charge in [0, 0.05) is 23.4 Å². The summed E-state index contributed by atoms with van der Waals surface area (Å²) in [5.74, 6) is 0.735. The minimum atomic E-state index is -1.32. The number of ketones is 2. The summed E-state index contributed by atoms with van der Waals surface area (Å²) in [5.41, 5.74) is 2.37. The Hall–Kier alpha value is -2.97. The molecule has 4 nitrogen and oxygen atoms in total. The standard InChI is InChI=1S/C22H17O4P/c1-14-8-6-11-16-19(14)22(24)20-17(21(16)23)12-7-13-18(20)26-27(2)25-15-9-4-3-5-10-15/h3-13H,1-2H3. The Morgan fingerprint density at radius 1 is 0.704 bits per heavy atom. The first kappa shape index (κ1) is 17.4. The lowest BCUT2D eigenvalue weighted by molar-refractivity contribution is 0.0977. The highest BCUT2D eigenvalue weighted by molar-refractivity contribution is 7.47. The van der Waals surface area contributed by atoms with E-state index in [2.05, 4.69) is 0 Å². The highest BCUT2D eigenvalue weighted by atomic mass is 31.2. The number of carbonyl (C=O) groups excluding carboxylic acids is 2. The Bertz CT molecular complexity index is 1040. The highest BCUT2D eigenvalue weighted by Crippen LogP contribution is 2.41. The first-order valence-electron chi connectivity index (χ1n) is 8.53. The molecule has 0 saturated heterocycles. The molecule has 1 aliphatic rings. The van der Waals surface area contributed by atoms with Crippen molar-refractivity contribution in [1.82, 2.24) is 0 Å². The first-order chi connectivity index (χ1) is 13.1. The van der Waals surface area contributed by atoms with E-state index in [0.29, 0.717) is 33.8 Å². The van der Waals surface area contributed by atoms with Gasteiger partial charge in [0.05, 0.1) is 5.56 Å². The van der Waals surface area contributed by atoms with Gasteiger partial charge < -0.3 is 9.05 Å². The molecule has 3 aromatic rings. The van der Waals surface area contributed by atoms with E-state index in [-0.39, 0.29) is 11.6 Å². The van der Waals surface area contributed by atoms with Crippen LogP contribution in [0.3, 0.4) is 0 Å². The maximum absolute atomic E-state index is 13.2. The summed E-state index contributed by atoms with van der Waals surface area (Å²) in [6, 6.07) is 19.8. The predicted molar refractivity (Wildman–Crippen MR) is 105 cm³/mol. The quantitative estimate of drug-likeness (QED) is 0.461. The van der Waals surface area contributed by atoms with Gasteiger partial charge in [-0.3, -0.25) is 9.59 Å². The van der Waals surface area contributed by atoms with E-state index in [1.165, 1.54) is 0 Å². The van der Waals surface area contributed by atoms with Gasteiger partial charge in [0.25, 0.3) is 8.38 Å². The normalized spacial score (nSPS) is 13.6. The van der Waals surface area contributed by atoms with Crippen LogP contribution in [0.5, 0.6) is 11.5 Å². The van der Waals surface area contributed by atoms with Crippen LogP contribution < -0.4 is 9.05 Å². The van der Waals surface area contributed by atoms with Gasteiger partial charge in [-0.1, -0.05) is 48.5 Å². The van der Waals surface area contributed by atoms with Crippen molar-refractivity contribution in [1.29, 1.82) is 0 Å². The molecule has 0 fully saturated rings. The van der Waals surface area contributed by atoms with Crippen molar-refractivity contribution < 1.29 is 18.6 Å². The molecule has 0 spiro atoms. The van der Waals surface area contributed by atoms with E-state index in [4.69, 9.17) is 9.05 Å². The third-order valence-electron chi connectivity index (χ3n) is 4.45. The zero-order chi connectivity index (χ0) is 19.0. The van der Waals surface area contributed by atoms with Gasteiger partial charge in [-0.15, -0.1) is 0 Å². The van der Waals surface area contributed by atoms with Gasteiger partial charge in [0.1, 0.15) is 11.5 Å². The number of benzene rings is 3. The average Bonchev–Trinajstić information content (AvgIpc) is 2.66. The Kier molecular flexibility index (Phi) is 4.51. The molecule has 4 rings (SSSR count). The smallest absolute Gasteiger partial charge is 0.286 e. The molecule has 5 heteroatoms. The van der Waals surface area contributed by atoms with Crippen LogP contribution in [0.1, 0.15) is 37.4 Å². The molecule has 134 valence electrons. The molecule has 1 aliphatic carbocycles. The van der Waals surface area contributed by atoms with E-state index < -0.39 is 8.38 Å². The van der Waals surface area contributed by atoms with Crippen LogP contribution >= 0.6 is 8.38 Å². The Morgan fingerprint density at radius 2 is 1.37 bits per heavy atom. The lowest BCUT2D eigenvalue weighted by atomic mass is 9.82. The minimum Gasteiger partial charge on any atom is -0.439 e. The summed E-state index contributed by atoms with van der Waals surface area (Å²) in [6.45, 7) is 3.65. The van der Waals surface area contributed by atoms with Crippen LogP contribution in [-0.2, 0) is 0 Å². The third kappa shape index (κ3) is 3.13. The molecular formula is C22H17O4P. The Balaban J connectivity index is 1.70. The molecule has 0 amide bonds. The van der Waals surface area contributed by atoms with Gasteiger partial charge >= 0.3 is 0 Å². The number of fused-ring (bicyclic) bond motifs is 2. The zero-order valence-corrected chi connectivity index (χ0v) is 15.8. The summed E-state index contributed by atoms with van der Waals surface area (Å²) in [6.07, 6.45) is 0. The number of aryl methyl sites for hydroxylation is 1. The fourth-order valence-electron chi connectivity index (χ4n) is 3.25. The number of hydrogen-bond acceptors (Lipinski definition) is 4. The number of para-hydroxylation sites is 1. The summed E-state index contributed by atoms with van der Waals surface area (Å²) in [5, 5.41) is 0. The van der Waals surface area contributed by atoms with Crippen molar-refractivity contribution in [2.75, 3.05) is 6.66 Å². The number of rotatable bonds is 4. The van der Waals surface area contributed by atoms with Crippen LogP contribution in [0.4, 0.5) is 0 Å². The summed E-state index contributed by atoms with van der Waals surface area (Å²) in [7, 11) is -1.32. The van der Waals surface area contributed by atoms with Crippen molar-refractivity contribution >= 4 is 19.9 Å². The van der Waals surface area contributed by atoms with Crippen molar-refractivity contribution in [3.63, 3.8) is 0 Å². The molecule has 0 heterocycles. The lowest BCUT2D eigenvalue weighted by Crippen LogP contribution is -2.22. The van der Waals surface area contributed by atoms with Gasteiger partial charge in [-0.25, -0.2) is 0 Å². The first-order valence-corrected chi connectivity index (χ1v) is 10.2. The summed E-state index contributed by atoms with van der Waals surface area (Å²) >= 11 is 0. The van der Waals surface area contributed by atoms with Crippen LogP contribution in [-0.4, -0.2) is 18.2 Å². The van der Waals surface area contributed by atoms with E-state index in [9.17, 15) is 9.59 Å². The molecule has 27 heavy (non-hydrogen) atoms. The van der Waals surface area contributed by atoms with E-state index in [1.54, 1.807) is 30.3 Å². The second-order valence-electron chi connectivity index (χ2n) is 6.27. The predicted octanol–water partition coefficient (Wildman–Crippen LogP) is 5.17. The fraction of sp³-hybridized carbons (Fsp3) is 0.0909. The minimum absolute atomic E-state index is 0.154. The van der Waals surface area contributed by atoms with Crippen molar-refractivity contribution in [2.24, 2.45) is 0 Å². The molecule has 1 unspecified atom stereocenters. The number of hydrogen-bond donors (Lipinski definition) is 0. The fourth-order valence-corrected chi connectivity index (χ4v) is 4.13. The third-order valence-corrected chi connectivity index (χ3v) is 5.37. The highest BCUT2D eigenvalue weighted by Gasteiger charge is 2.33. The average molecular weight is 376 g/mol. The molecule has 0 N–H and O–H groups in total. The van der Waals surface area contributed by atoms with Crippen LogP contribution in [0.2, 0.25) is 0 Å². The maximum Gasteiger partial charge on any atom is 0.286 e. The molecule has 1 atom stereocenters. The van der Waals surface area contributed by atoms with E-state index in [1.807, 2.05) is 50.0 Å². The van der Waals surface area contributed by atoms with Crippen molar-refractivity contribution in [2.45, 2.75) is 6.92 Å². The summed E-state index contributed by atoms with van der Waals surface area (Å²) < 4.78 is 11.8. The molecule has 0 bridgehead atoms. The molecule has 3 aromatic carbocycles. The lowest BCUT2D eigenvalue weighted by Gasteiger charge is -2.22. The monoisotopic (exact) mass is 376 g/mol. The Morgan fingerprint density at radius 3 is 2.11 bits per heavy atom. The number of carbonyl (C=O) groups is 2. The topological polar surface area (TPSA) is 52.6 Å². The molecule has 0 radical (unpaired) electrons. The van der Waals surface area contributed by atoms with Gasteiger partial charge in [0.2, 0.25) is 0 Å². The van der Waals surface area contributed by atoms with Gasteiger partial charge in [-0.05, 0) is 30.7 Å². The second kappa shape index (κ2) is 6.98.